The van der Waals surface area contributed by atoms with Crippen molar-refractivity contribution >= 4 is 27.4 Å². The highest BCUT2D eigenvalue weighted by Crippen LogP contribution is 2.74. The Hall–Kier alpha value is -1.10. The average molecular weight is 739 g/mol. The molecule has 4 N–H and O–H groups in total. The standard InChI is InChI=1S/C42H62N2O5S2/c1-24-30-15-27(21-50-51-22-28(44-14-13-43-23-44)20-39(2,3)31(16-34(24)45)25-9-7-6-8-10-25)42(49)33-18-35(46)32-17-36(47)38(48)29-12-11-26(19-40(30,42)4)37(33)41(29,32)5/h13-14,18,23-24,26-30,32,34,36-38,45,47-49H,6-12,15-17,19-22H2,1-5H3/t24-,26+,27-,28-,29+,30+,32-,34+,36+,37-,38-,40+,41-,42+/m0/s1. The Morgan fingerprint density at radius 2 is 1.67 bits per heavy atom. The van der Waals surface area contributed by atoms with Crippen molar-refractivity contribution in [3.63, 3.8) is 0 Å². The number of allylic oxidation sites excluding steroid dienone is 2. The highest BCUT2D eigenvalue weighted by Gasteiger charge is 2.74. The molecule has 8 rings (SSSR count). The van der Waals surface area contributed by atoms with Crippen molar-refractivity contribution in [1.29, 1.82) is 0 Å². The summed E-state index contributed by atoms with van der Waals surface area (Å²) in [5.41, 5.74) is 1.69. The zero-order chi connectivity index (χ0) is 36.1. The molecule has 6 aliphatic carbocycles. The minimum absolute atomic E-state index is 0.00875. The van der Waals surface area contributed by atoms with E-state index in [0.717, 1.165) is 62.0 Å². The molecule has 1 aliphatic heterocycles. The number of carbonyl (C=O) groups excluding carboxylic acids is 1. The van der Waals surface area contributed by atoms with E-state index in [0.29, 0.717) is 18.8 Å². The van der Waals surface area contributed by atoms with Gasteiger partial charge in [-0.3, -0.25) is 4.79 Å². The first-order valence-corrected chi connectivity index (χ1v) is 22.7. The SMILES string of the molecule is C[C@@H]1[C@H](O)CC(=C2CCCCC2)C(C)(C)C[C@H](n2ccnc2)CSSC[C@@H]2C[C@H]1[C@@]1(C)C[C@H]3CC[C@@H]4[C@H](O)[C@H](O)C[C@H]5C(=O)C=C([C@H]3[C@@]45C)[C@]21O. The molecule has 0 radical (unpaired) electrons. The van der Waals surface area contributed by atoms with E-state index in [4.69, 9.17) is 0 Å². The van der Waals surface area contributed by atoms with Crippen molar-refractivity contribution in [2.24, 2.45) is 57.7 Å². The van der Waals surface area contributed by atoms with E-state index in [1.807, 2.05) is 40.2 Å². The zero-order valence-electron chi connectivity index (χ0n) is 31.5. The van der Waals surface area contributed by atoms with Crippen LogP contribution in [0.4, 0.5) is 0 Å². The van der Waals surface area contributed by atoms with E-state index >= 15 is 0 Å². The van der Waals surface area contributed by atoms with Gasteiger partial charge in [0.1, 0.15) is 0 Å². The number of hydrogen-bond donors (Lipinski definition) is 4. The van der Waals surface area contributed by atoms with E-state index in [2.05, 4.69) is 50.4 Å². The summed E-state index contributed by atoms with van der Waals surface area (Å²) < 4.78 is 2.27. The van der Waals surface area contributed by atoms with Gasteiger partial charge >= 0.3 is 0 Å². The third-order valence-electron chi connectivity index (χ3n) is 16.4. The lowest BCUT2D eigenvalue weighted by Gasteiger charge is -2.67. The fourth-order valence-corrected chi connectivity index (χ4v) is 16.6. The number of nitrogens with zero attached hydrogens (tertiary/aromatic N) is 2. The van der Waals surface area contributed by atoms with Gasteiger partial charge in [0.15, 0.2) is 5.78 Å². The van der Waals surface area contributed by atoms with E-state index in [1.54, 1.807) is 5.57 Å². The first-order valence-electron chi connectivity index (χ1n) is 20.2. The molecule has 2 heterocycles. The summed E-state index contributed by atoms with van der Waals surface area (Å²) in [5.74, 6) is 1.57. The number of rotatable bonds is 1. The van der Waals surface area contributed by atoms with Gasteiger partial charge in [-0.15, -0.1) is 0 Å². The molecule has 1 aromatic heterocycles. The number of aliphatic hydroxyl groups is 4. The van der Waals surface area contributed by atoms with Gasteiger partial charge in [0.05, 0.1) is 30.2 Å². The predicted octanol–water partition coefficient (Wildman–Crippen LogP) is 7.56. The quantitative estimate of drug-likeness (QED) is 0.173. The van der Waals surface area contributed by atoms with E-state index in [-0.39, 0.29) is 52.7 Å². The molecule has 5 saturated carbocycles. The van der Waals surface area contributed by atoms with Gasteiger partial charge in [-0.05, 0) is 123 Å². The van der Waals surface area contributed by atoms with Crippen molar-refractivity contribution in [1.82, 2.24) is 9.55 Å². The van der Waals surface area contributed by atoms with Crippen LogP contribution >= 0.6 is 21.6 Å². The van der Waals surface area contributed by atoms with Crippen molar-refractivity contribution in [2.75, 3.05) is 11.5 Å². The fourth-order valence-electron chi connectivity index (χ4n) is 13.9. The molecule has 282 valence electrons. The van der Waals surface area contributed by atoms with Crippen molar-refractivity contribution in [2.45, 2.75) is 142 Å². The summed E-state index contributed by atoms with van der Waals surface area (Å²) in [4.78, 5) is 18.7. The molecule has 7 nitrogen and oxygen atoms in total. The Morgan fingerprint density at radius 3 is 2.39 bits per heavy atom. The maximum Gasteiger partial charge on any atom is 0.159 e. The maximum absolute atomic E-state index is 14.2. The summed E-state index contributed by atoms with van der Waals surface area (Å²) in [6.07, 6.45) is 16.8. The first-order chi connectivity index (χ1) is 24.2. The number of aromatic nitrogens is 2. The van der Waals surface area contributed by atoms with Crippen LogP contribution in [0.15, 0.2) is 41.5 Å². The Labute approximate surface area is 313 Å². The second kappa shape index (κ2) is 13.3. The van der Waals surface area contributed by atoms with Gasteiger partial charge in [-0.25, -0.2) is 4.98 Å². The topological polar surface area (TPSA) is 116 Å². The molecular formula is C42H62N2O5S2. The molecule has 7 aliphatic rings. The molecule has 51 heavy (non-hydrogen) atoms. The summed E-state index contributed by atoms with van der Waals surface area (Å²) in [6, 6.07) is 0.250. The first kappa shape index (κ1) is 36.9. The molecule has 2 bridgehead atoms. The van der Waals surface area contributed by atoms with Crippen LogP contribution in [-0.2, 0) is 4.79 Å². The lowest BCUT2D eigenvalue weighted by atomic mass is 9.37. The van der Waals surface area contributed by atoms with E-state index < -0.39 is 34.7 Å². The molecule has 0 unspecified atom stereocenters. The summed E-state index contributed by atoms with van der Waals surface area (Å²) in [5, 5.41) is 48.4. The van der Waals surface area contributed by atoms with Crippen LogP contribution in [0.25, 0.3) is 0 Å². The average Bonchev–Trinajstić information content (AvgIpc) is 3.71. The maximum atomic E-state index is 14.2. The fraction of sp³-hybridized carbons (Fsp3) is 0.810. The van der Waals surface area contributed by atoms with E-state index in [1.165, 1.54) is 24.8 Å². The number of carbonyl (C=O) groups is 1. The molecule has 0 aromatic carbocycles. The molecule has 1 saturated heterocycles. The molecule has 9 heteroatoms. The molecule has 6 fully saturated rings. The van der Waals surface area contributed by atoms with Crippen molar-refractivity contribution in [3.05, 3.63) is 41.5 Å². The lowest BCUT2D eigenvalue weighted by molar-refractivity contribution is -0.208. The zero-order valence-corrected chi connectivity index (χ0v) is 33.1. The normalized spacial score (nSPS) is 48.7. The van der Waals surface area contributed by atoms with Crippen LogP contribution in [-0.4, -0.2) is 71.2 Å². The van der Waals surface area contributed by atoms with Crippen LogP contribution in [0, 0.1) is 57.7 Å². The minimum atomic E-state index is -1.18. The largest absolute Gasteiger partial charge is 0.393 e. The van der Waals surface area contributed by atoms with Crippen LogP contribution < -0.4 is 0 Å². The number of imidazole rings is 1. The van der Waals surface area contributed by atoms with E-state index in [9.17, 15) is 25.2 Å². The molecule has 1 aromatic rings. The number of ketones is 1. The van der Waals surface area contributed by atoms with Crippen LogP contribution in [0.3, 0.4) is 0 Å². The molecule has 14 atom stereocenters. The van der Waals surface area contributed by atoms with Crippen LogP contribution in [0.1, 0.15) is 118 Å². The summed E-state index contributed by atoms with van der Waals surface area (Å²) in [7, 11) is 3.77. The molecular weight excluding hydrogens is 677 g/mol. The Balaban J connectivity index is 1.21. The molecule has 0 spiro atoms. The number of hydrogen-bond acceptors (Lipinski definition) is 8. The monoisotopic (exact) mass is 738 g/mol. The predicted molar refractivity (Wildman–Crippen MR) is 205 cm³/mol. The smallest absolute Gasteiger partial charge is 0.159 e. The van der Waals surface area contributed by atoms with Gasteiger partial charge in [0.25, 0.3) is 0 Å². The number of fused-ring (bicyclic) bond motifs is 6. The van der Waals surface area contributed by atoms with Gasteiger partial charge in [0.2, 0.25) is 0 Å². The highest BCUT2D eigenvalue weighted by molar-refractivity contribution is 8.76. The Bertz CT molecular complexity index is 1550. The second-order valence-corrected chi connectivity index (χ2v) is 21.7. The third-order valence-corrected chi connectivity index (χ3v) is 18.9. The molecule has 0 amide bonds. The Kier molecular flexibility index (Phi) is 9.60. The van der Waals surface area contributed by atoms with Crippen LogP contribution in [0.2, 0.25) is 0 Å². The Morgan fingerprint density at radius 1 is 0.922 bits per heavy atom. The van der Waals surface area contributed by atoms with Gasteiger partial charge in [0, 0.05) is 47.2 Å². The van der Waals surface area contributed by atoms with Crippen LogP contribution in [0.5, 0.6) is 0 Å². The highest BCUT2D eigenvalue weighted by atomic mass is 33.1. The lowest BCUT2D eigenvalue weighted by Crippen LogP contribution is -2.69. The van der Waals surface area contributed by atoms with Crippen molar-refractivity contribution < 1.29 is 25.2 Å². The summed E-state index contributed by atoms with van der Waals surface area (Å²) >= 11 is 0. The van der Waals surface area contributed by atoms with Gasteiger partial charge in [-0.2, -0.15) is 0 Å². The second-order valence-electron chi connectivity index (χ2n) is 19.2. The minimum Gasteiger partial charge on any atom is -0.393 e. The van der Waals surface area contributed by atoms with Gasteiger partial charge < -0.3 is 25.0 Å². The van der Waals surface area contributed by atoms with Gasteiger partial charge in [-0.1, -0.05) is 73.8 Å². The third kappa shape index (κ3) is 5.58. The van der Waals surface area contributed by atoms with Crippen molar-refractivity contribution in [3.8, 4) is 0 Å². The number of aliphatic hydroxyl groups excluding tert-OH is 3. The summed E-state index contributed by atoms with van der Waals surface area (Å²) in [6.45, 7) is 11.6.